The maximum absolute atomic E-state index is 12.6. The quantitative estimate of drug-likeness (QED) is 0.852. The van der Waals surface area contributed by atoms with Crippen molar-refractivity contribution in [2.24, 2.45) is 0 Å². The molecule has 1 aromatic carbocycles. The number of nitrogen functional groups attached to an aromatic ring is 1. The van der Waals surface area contributed by atoms with E-state index in [4.69, 9.17) is 10.5 Å². The lowest BCUT2D eigenvalue weighted by Crippen LogP contribution is -2.48. The van der Waals surface area contributed by atoms with Gasteiger partial charge in [-0.05, 0) is 38.5 Å². The van der Waals surface area contributed by atoms with Crippen LogP contribution in [0.25, 0.3) is 0 Å². The molecule has 0 amide bonds. The molecule has 118 valence electrons. The minimum absolute atomic E-state index is 0.000509. The highest BCUT2D eigenvalue weighted by molar-refractivity contribution is 7.91. The minimum atomic E-state index is -3.39. The number of nitrogens with zero attached hydrogens (tertiary/aromatic N) is 1. The number of hydrogen-bond acceptors (Lipinski definition) is 5. The van der Waals surface area contributed by atoms with Crippen molar-refractivity contribution >= 4 is 15.5 Å². The predicted molar refractivity (Wildman–Crippen MR) is 84.1 cm³/mol. The van der Waals surface area contributed by atoms with Crippen LogP contribution in [0.2, 0.25) is 0 Å². The van der Waals surface area contributed by atoms with Crippen molar-refractivity contribution in [1.29, 1.82) is 0 Å². The average molecular weight is 312 g/mol. The third kappa shape index (κ3) is 3.96. The highest BCUT2D eigenvalue weighted by Crippen LogP contribution is 2.22. The molecule has 1 fully saturated rings. The van der Waals surface area contributed by atoms with Gasteiger partial charge < -0.3 is 10.5 Å². The standard InChI is InChI=1S/C15H24N2O3S/c1-11(2)17-6-7-20-14(9-17)10-21(18,19)15-8-13(16)5-4-12(15)3/h4-5,8,11,14H,6-7,9-10,16H2,1-3H3. The van der Waals surface area contributed by atoms with Gasteiger partial charge in [-0.15, -0.1) is 0 Å². The summed E-state index contributed by atoms with van der Waals surface area (Å²) in [6.07, 6.45) is -0.285. The zero-order chi connectivity index (χ0) is 15.6. The normalized spacial score (nSPS) is 20.9. The van der Waals surface area contributed by atoms with Crippen LogP contribution in [0.1, 0.15) is 19.4 Å². The van der Waals surface area contributed by atoms with Crippen molar-refractivity contribution in [3.8, 4) is 0 Å². The molecule has 1 heterocycles. The van der Waals surface area contributed by atoms with Gasteiger partial charge in [-0.2, -0.15) is 0 Å². The molecule has 0 radical (unpaired) electrons. The number of anilines is 1. The van der Waals surface area contributed by atoms with E-state index in [-0.39, 0.29) is 11.9 Å². The predicted octanol–water partition coefficient (Wildman–Crippen LogP) is 1.46. The van der Waals surface area contributed by atoms with Crippen LogP contribution in [-0.2, 0) is 14.6 Å². The molecule has 1 unspecified atom stereocenters. The molecule has 1 atom stereocenters. The molecule has 1 aliphatic rings. The SMILES string of the molecule is Cc1ccc(N)cc1S(=O)(=O)CC1CN(C(C)C)CCO1. The fourth-order valence-electron chi connectivity index (χ4n) is 2.60. The highest BCUT2D eigenvalue weighted by atomic mass is 32.2. The summed E-state index contributed by atoms with van der Waals surface area (Å²) in [5.41, 5.74) is 6.90. The van der Waals surface area contributed by atoms with Crippen LogP contribution < -0.4 is 5.73 Å². The van der Waals surface area contributed by atoms with Crippen LogP contribution in [0.3, 0.4) is 0 Å². The number of nitrogens with two attached hydrogens (primary N) is 1. The van der Waals surface area contributed by atoms with Gasteiger partial charge in [0.25, 0.3) is 0 Å². The maximum atomic E-state index is 12.6. The summed E-state index contributed by atoms with van der Waals surface area (Å²) in [5, 5.41) is 0. The molecular formula is C15H24N2O3S. The zero-order valence-electron chi connectivity index (χ0n) is 12.9. The Bertz CT molecular complexity index is 599. The Morgan fingerprint density at radius 2 is 2.14 bits per heavy atom. The molecule has 0 saturated carbocycles. The number of rotatable bonds is 4. The lowest BCUT2D eigenvalue weighted by atomic mass is 10.2. The summed E-state index contributed by atoms with van der Waals surface area (Å²) < 4.78 is 30.8. The van der Waals surface area contributed by atoms with E-state index in [1.54, 1.807) is 19.1 Å². The van der Waals surface area contributed by atoms with Gasteiger partial charge in [0.1, 0.15) is 0 Å². The molecule has 0 aliphatic carbocycles. The molecule has 2 N–H and O–H groups in total. The molecule has 0 bridgehead atoms. The number of aryl methyl sites for hydroxylation is 1. The summed E-state index contributed by atoms with van der Waals surface area (Å²) in [5.74, 6) is 0.000509. The smallest absolute Gasteiger partial charge is 0.181 e. The van der Waals surface area contributed by atoms with Crippen LogP contribution in [0.15, 0.2) is 23.1 Å². The van der Waals surface area contributed by atoms with Gasteiger partial charge in [0.15, 0.2) is 9.84 Å². The lowest BCUT2D eigenvalue weighted by molar-refractivity contribution is -0.0272. The molecule has 1 aromatic rings. The fourth-order valence-corrected chi connectivity index (χ4v) is 4.34. The van der Waals surface area contributed by atoms with E-state index in [1.807, 2.05) is 0 Å². The Balaban J connectivity index is 2.15. The van der Waals surface area contributed by atoms with Crippen LogP contribution >= 0.6 is 0 Å². The first-order chi connectivity index (χ1) is 9.79. The number of morpholine rings is 1. The molecule has 21 heavy (non-hydrogen) atoms. The Morgan fingerprint density at radius 1 is 1.43 bits per heavy atom. The second-order valence-electron chi connectivity index (χ2n) is 5.89. The topological polar surface area (TPSA) is 72.6 Å². The van der Waals surface area contributed by atoms with Gasteiger partial charge in [-0.25, -0.2) is 8.42 Å². The Kier molecular flexibility index (Phi) is 4.91. The third-order valence-electron chi connectivity index (χ3n) is 3.85. The fraction of sp³-hybridized carbons (Fsp3) is 0.600. The van der Waals surface area contributed by atoms with Crippen molar-refractivity contribution in [1.82, 2.24) is 4.90 Å². The molecule has 2 rings (SSSR count). The molecular weight excluding hydrogens is 288 g/mol. The van der Waals surface area contributed by atoms with Gasteiger partial charge in [0.2, 0.25) is 0 Å². The van der Waals surface area contributed by atoms with E-state index < -0.39 is 9.84 Å². The third-order valence-corrected chi connectivity index (χ3v) is 5.77. The highest BCUT2D eigenvalue weighted by Gasteiger charge is 2.28. The second kappa shape index (κ2) is 6.34. The van der Waals surface area contributed by atoms with E-state index in [0.717, 1.165) is 12.1 Å². The van der Waals surface area contributed by atoms with Crippen molar-refractivity contribution in [2.45, 2.75) is 37.8 Å². The summed E-state index contributed by atoms with van der Waals surface area (Å²) >= 11 is 0. The van der Waals surface area contributed by atoms with Crippen molar-refractivity contribution in [3.63, 3.8) is 0 Å². The summed E-state index contributed by atoms with van der Waals surface area (Å²) in [6, 6.07) is 5.39. The van der Waals surface area contributed by atoms with Gasteiger partial charge in [0.05, 0.1) is 23.4 Å². The molecule has 6 heteroatoms. The van der Waals surface area contributed by atoms with Gasteiger partial charge in [-0.3, -0.25) is 4.90 Å². The molecule has 1 aliphatic heterocycles. The summed E-state index contributed by atoms with van der Waals surface area (Å²) in [7, 11) is -3.39. The zero-order valence-corrected chi connectivity index (χ0v) is 13.7. The van der Waals surface area contributed by atoms with E-state index in [0.29, 0.717) is 29.8 Å². The van der Waals surface area contributed by atoms with Gasteiger partial charge >= 0.3 is 0 Å². The summed E-state index contributed by atoms with van der Waals surface area (Å²) in [4.78, 5) is 2.56. The number of benzene rings is 1. The molecule has 5 nitrogen and oxygen atoms in total. The van der Waals surface area contributed by atoms with Crippen molar-refractivity contribution in [3.05, 3.63) is 23.8 Å². The molecule has 1 saturated heterocycles. The summed E-state index contributed by atoms with van der Waals surface area (Å²) in [6.45, 7) is 8.09. The average Bonchev–Trinajstić information content (AvgIpc) is 2.41. The van der Waals surface area contributed by atoms with Crippen LogP contribution in [0, 0.1) is 6.92 Å². The number of hydrogen-bond donors (Lipinski definition) is 1. The van der Waals surface area contributed by atoms with E-state index >= 15 is 0 Å². The Hall–Kier alpha value is -1.11. The lowest BCUT2D eigenvalue weighted by Gasteiger charge is -2.35. The van der Waals surface area contributed by atoms with Gasteiger partial charge in [0, 0.05) is 24.8 Å². The first-order valence-corrected chi connectivity index (χ1v) is 8.89. The molecule has 0 aromatic heterocycles. The van der Waals surface area contributed by atoms with E-state index in [2.05, 4.69) is 18.7 Å². The van der Waals surface area contributed by atoms with Gasteiger partial charge in [-0.1, -0.05) is 6.07 Å². The Morgan fingerprint density at radius 3 is 2.81 bits per heavy atom. The Labute approximate surface area is 127 Å². The number of sulfone groups is 1. The second-order valence-corrected chi connectivity index (χ2v) is 7.89. The largest absolute Gasteiger partial charge is 0.399 e. The van der Waals surface area contributed by atoms with E-state index in [9.17, 15) is 8.42 Å². The first-order valence-electron chi connectivity index (χ1n) is 7.24. The van der Waals surface area contributed by atoms with Crippen molar-refractivity contribution < 1.29 is 13.2 Å². The maximum Gasteiger partial charge on any atom is 0.181 e. The minimum Gasteiger partial charge on any atom is -0.399 e. The van der Waals surface area contributed by atoms with E-state index in [1.165, 1.54) is 6.07 Å². The van der Waals surface area contributed by atoms with Crippen molar-refractivity contribution in [2.75, 3.05) is 31.2 Å². The monoisotopic (exact) mass is 312 g/mol. The molecule has 0 spiro atoms. The van der Waals surface area contributed by atoms with Crippen LogP contribution in [-0.4, -0.2) is 50.9 Å². The first kappa shape index (κ1) is 16.3. The number of ether oxygens (including phenoxy) is 1. The van der Waals surface area contributed by atoms with Crippen LogP contribution in [0.4, 0.5) is 5.69 Å². The van der Waals surface area contributed by atoms with Crippen LogP contribution in [0.5, 0.6) is 0 Å².